The number of hydrogen-bond donors (Lipinski definition) is 1. The third-order valence-electron chi connectivity index (χ3n) is 5.92. The zero-order chi connectivity index (χ0) is 23.2. The molecule has 1 saturated heterocycles. The second-order valence-corrected chi connectivity index (χ2v) is 7.94. The first-order chi connectivity index (χ1) is 16.1. The quantitative estimate of drug-likeness (QED) is 0.590. The molecule has 8 heteroatoms. The van der Waals surface area contributed by atoms with Gasteiger partial charge in [0, 0.05) is 36.7 Å². The SMILES string of the molecule is COc1ccc(OC)c(CNC(=O)C2CCN(c3ccc(-c4ccc(F)cc4)nn3)CC2)c1. The lowest BCUT2D eigenvalue weighted by molar-refractivity contribution is -0.125. The molecule has 2 aromatic carbocycles. The van der Waals surface area contributed by atoms with E-state index in [1.165, 1.54) is 12.1 Å². The molecule has 0 aliphatic carbocycles. The Balaban J connectivity index is 1.30. The highest BCUT2D eigenvalue weighted by molar-refractivity contribution is 5.79. The summed E-state index contributed by atoms with van der Waals surface area (Å²) < 4.78 is 23.8. The summed E-state index contributed by atoms with van der Waals surface area (Å²) in [5, 5.41) is 11.7. The van der Waals surface area contributed by atoms with E-state index in [-0.39, 0.29) is 17.6 Å². The smallest absolute Gasteiger partial charge is 0.223 e. The van der Waals surface area contributed by atoms with Crippen LogP contribution in [0.25, 0.3) is 11.3 Å². The first kappa shape index (κ1) is 22.5. The number of nitrogens with one attached hydrogen (secondary N) is 1. The van der Waals surface area contributed by atoms with E-state index in [2.05, 4.69) is 20.4 Å². The molecule has 0 radical (unpaired) electrons. The van der Waals surface area contributed by atoms with Gasteiger partial charge in [-0.2, -0.15) is 0 Å². The highest BCUT2D eigenvalue weighted by Gasteiger charge is 2.26. The number of benzene rings is 2. The molecule has 4 rings (SSSR count). The fraction of sp³-hybridized carbons (Fsp3) is 0.320. The van der Waals surface area contributed by atoms with Gasteiger partial charge in [-0.25, -0.2) is 4.39 Å². The van der Waals surface area contributed by atoms with Gasteiger partial charge in [0.2, 0.25) is 5.91 Å². The van der Waals surface area contributed by atoms with Crippen LogP contribution in [0, 0.1) is 11.7 Å². The van der Waals surface area contributed by atoms with Crippen molar-refractivity contribution >= 4 is 11.7 Å². The molecule has 2 heterocycles. The molecule has 1 aromatic heterocycles. The minimum Gasteiger partial charge on any atom is -0.497 e. The van der Waals surface area contributed by atoms with Crippen molar-refractivity contribution in [3.63, 3.8) is 0 Å². The highest BCUT2D eigenvalue weighted by atomic mass is 19.1. The maximum atomic E-state index is 13.1. The van der Waals surface area contributed by atoms with Crippen LogP contribution in [0.15, 0.2) is 54.6 Å². The third-order valence-corrected chi connectivity index (χ3v) is 5.92. The van der Waals surface area contributed by atoms with Crippen molar-refractivity contribution < 1.29 is 18.7 Å². The number of aromatic nitrogens is 2. The molecule has 0 unspecified atom stereocenters. The second-order valence-electron chi connectivity index (χ2n) is 7.94. The number of rotatable bonds is 7. The Hall–Kier alpha value is -3.68. The van der Waals surface area contributed by atoms with Crippen LogP contribution in [0.4, 0.5) is 10.2 Å². The Morgan fingerprint density at radius 1 is 1.03 bits per heavy atom. The minimum atomic E-state index is -0.280. The lowest BCUT2D eigenvalue weighted by Gasteiger charge is -2.31. The van der Waals surface area contributed by atoms with Crippen molar-refractivity contribution in [3.05, 3.63) is 66.0 Å². The Morgan fingerprint density at radius 3 is 2.42 bits per heavy atom. The maximum absolute atomic E-state index is 13.1. The van der Waals surface area contributed by atoms with Crippen molar-refractivity contribution in [2.75, 3.05) is 32.2 Å². The van der Waals surface area contributed by atoms with Crippen LogP contribution >= 0.6 is 0 Å². The number of piperidine rings is 1. The maximum Gasteiger partial charge on any atom is 0.223 e. The summed E-state index contributed by atoms with van der Waals surface area (Å²) in [6, 6.07) is 15.5. The molecule has 1 fully saturated rings. The Morgan fingerprint density at radius 2 is 1.79 bits per heavy atom. The number of methoxy groups -OCH3 is 2. The number of carbonyl (C=O) groups excluding carboxylic acids is 1. The Labute approximate surface area is 192 Å². The number of halogens is 1. The molecule has 0 spiro atoms. The van der Waals surface area contributed by atoms with E-state index in [0.717, 1.165) is 48.6 Å². The van der Waals surface area contributed by atoms with Gasteiger partial charge in [-0.15, -0.1) is 10.2 Å². The van der Waals surface area contributed by atoms with Crippen LogP contribution in [-0.4, -0.2) is 43.4 Å². The van der Waals surface area contributed by atoms with Crippen LogP contribution in [0.3, 0.4) is 0 Å². The summed E-state index contributed by atoms with van der Waals surface area (Å²) in [5.41, 5.74) is 2.39. The van der Waals surface area contributed by atoms with Crippen molar-refractivity contribution in [1.29, 1.82) is 0 Å². The van der Waals surface area contributed by atoms with Gasteiger partial charge in [0.1, 0.15) is 17.3 Å². The topological polar surface area (TPSA) is 76.6 Å². The average Bonchev–Trinajstić information content (AvgIpc) is 2.87. The zero-order valence-corrected chi connectivity index (χ0v) is 18.8. The summed E-state index contributed by atoms with van der Waals surface area (Å²) >= 11 is 0. The summed E-state index contributed by atoms with van der Waals surface area (Å²) in [5.74, 6) is 1.92. The summed E-state index contributed by atoms with van der Waals surface area (Å²) in [6.45, 7) is 1.84. The third kappa shape index (κ3) is 5.39. The zero-order valence-electron chi connectivity index (χ0n) is 18.8. The van der Waals surface area contributed by atoms with Crippen molar-refractivity contribution in [2.24, 2.45) is 5.92 Å². The van der Waals surface area contributed by atoms with Gasteiger partial charge in [0.25, 0.3) is 0 Å². The van der Waals surface area contributed by atoms with E-state index in [1.54, 1.807) is 26.4 Å². The molecule has 1 amide bonds. The summed E-state index contributed by atoms with van der Waals surface area (Å²) in [6.07, 6.45) is 1.48. The van der Waals surface area contributed by atoms with E-state index in [9.17, 15) is 9.18 Å². The number of anilines is 1. The normalized spacial score (nSPS) is 14.1. The highest BCUT2D eigenvalue weighted by Crippen LogP contribution is 2.26. The molecule has 7 nitrogen and oxygen atoms in total. The van der Waals surface area contributed by atoms with Crippen LogP contribution in [0.2, 0.25) is 0 Å². The van der Waals surface area contributed by atoms with E-state index >= 15 is 0 Å². The number of amides is 1. The molecular formula is C25H27FN4O3. The van der Waals surface area contributed by atoms with Crippen LogP contribution in [0.5, 0.6) is 11.5 Å². The van der Waals surface area contributed by atoms with Crippen molar-refractivity contribution in [3.8, 4) is 22.8 Å². The van der Waals surface area contributed by atoms with Gasteiger partial charge in [-0.05, 0) is 67.4 Å². The molecule has 1 N–H and O–H groups in total. The fourth-order valence-corrected chi connectivity index (χ4v) is 3.99. The first-order valence-electron chi connectivity index (χ1n) is 10.9. The molecule has 3 aromatic rings. The van der Waals surface area contributed by atoms with Crippen molar-refractivity contribution in [2.45, 2.75) is 19.4 Å². The molecular weight excluding hydrogens is 423 g/mol. The predicted octanol–water partition coefficient (Wildman–Crippen LogP) is 3.83. The standard InChI is InChI=1S/C25H27FN4O3/c1-32-21-7-9-23(33-2)19(15-21)16-27-25(31)18-11-13-30(14-12-18)24-10-8-22(28-29-24)17-3-5-20(26)6-4-17/h3-10,15,18H,11-14,16H2,1-2H3,(H,27,31). The Kier molecular flexibility index (Phi) is 7.02. The van der Waals surface area contributed by atoms with E-state index in [0.29, 0.717) is 18.0 Å². The van der Waals surface area contributed by atoms with Gasteiger partial charge >= 0.3 is 0 Å². The molecule has 1 aliphatic heterocycles. The molecule has 33 heavy (non-hydrogen) atoms. The summed E-state index contributed by atoms with van der Waals surface area (Å²) in [7, 11) is 3.22. The van der Waals surface area contributed by atoms with Gasteiger partial charge < -0.3 is 19.7 Å². The first-order valence-corrected chi connectivity index (χ1v) is 10.9. The Bertz CT molecular complexity index is 1080. The minimum absolute atomic E-state index is 0.0391. The average molecular weight is 451 g/mol. The van der Waals surface area contributed by atoms with Gasteiger partial charge in [-0.3, -0.25) is 4.79 Å². The number of nitrogens with zero attached hydrogens (tertiary/aromatic N) is 3. The predicted molar refractivity (Wildman–Crippen MR) is 124 cm³/mol. The largest absolute Gasteiger partial charge is 0.497 e. The van der Waals surface area contributed by atoms with Crippen molar-refractivity contribution in [1.82, 2.24) is 15.5 Å². The lowest BCUT2D eigenvalue weighted by atomic mass is 9.95. The molecule has 0 saturated carbocycles. The summed E-state index contributed by atoms with van der Waals surface area (Å²) in [4.78, 5) is 14.9. The van der Waals surface area contributed by atoms with Gasteiger partial charge in [0.15, 0.2) is 5.82 Å². The van der Waals surface area contributed by atoms with Gasteiger partial charge in [0.05, 0.1) is 19.9 Å². The number of ether oxygens (including phenoxy) is 2. The molecule has 0 bridgehead atoms. The molecule has 0 atom stereocenters. The lowest BCUT2D eigenvalue weighted by Crippen LogP contribution is -2.40. The molecule has 172 valence electrons. The van der Waals surface area contributed by atoms with E-state index < -0.39 is 0 Å². The van der Waals surface area contributed by atoms with Crippen LogP contribution in [-0.2, 0) is 11.3 Å². The monoisotopic (exact) mass is 450 g/mol. The van der Waals surface area contributed by atoms with E-state index in [4.69, 9.17) is 9.47 Å². The number of hydrogen-bond acceptors (Lipinski definition) is 6. The van der Waals surface area contributed by atoms with Crippen LogP contribution in [0.1, 0.15) is 18.4 Å². The van der Waals surface area contributed by atoms with Gasteiger partial charge in [-0.1, -0.05) is 0 Å². The van der Waals surface area contributed by atoms with Crippen LogP contribution < -0.4 is 19.7 Å². The number of carbonyl (C=O) groups is 1. The fourth-order valence-electron chi connectivity index (χ4n) is 3.99. The second kappa shape index (κ2) is 10.3. The molecule has 1 aliphatic rings. The van der Waals surface area contributed by atoms with E-state index in [1.807, 2.05) is 30.3 Å².